The molecule has 0 bridgehead atoms. The molecule has 2 aromatic carbocycles. The second kappa shape index (κ2) is 10.5. The van der Waals surface area contributed by atoms with Gasteiger partial charge < -0.3 is 5.32 Å². The van der Waals surface area contributed by atoms with Crippen molar-refractivity contribution in [2.75, 3.05) is 10.2 Å². The summed E-state index contributed by atoms with van der Waals surface area (Å²) in [6.07, 6.45) is 3.19. The molecule has 0 aliphatic carbocycles. The first kappa shape index (κ1) is 26.7. The third kappa shape index (κ3) is 4.62. The molecule has 8 nitrogen and oxygen atoms in total. The Morgan fingerprint density at radius 1 is 1.02 bits per heavy atom. The average molecular weight is 615 g/mol. The van der Waals surface area contributed by atoms with E-state index in [2.05, 4.69) is 10.3 Å². The van der Waals surface area contributed by atoms with Crippen LogP contribution in [0.5, 0.6) is 0 Å². The molecule has 2 aliphatic rings. The molecule has 4 aromatic rings. The number of imide groups is 1. The standard InChI is InChI=1S/C27H17Cl2FN4O4S2/c28-17-8-5-15(10-18(17)29)32-19(35)12-33-26-23(40-27(33)38)20(13-2-1-9-31-11-13)21-22(39-26)25(37)34(24(21)36)16-6-3-14(30)4-7-16/h1-11,20-22H,12H2,(H,32,35)/t20-,21?,22?/m1/s1. The lowest BCUT2D eigenvalue weighted by Gasteiger charge is -2.30. The van der Waals surface area contributed by atoms with Crippen LogP contribution in [0.3, 0.4) is 0 Å². The number of aromatic nitrogens is 2. The Kier molecular flexibility index (Phi) is 6.99. The number of hydrogen-bond acceptors (Lipinski definition) is 7. The van der Waals surface area contributed by atoms with Gasteiger partial charge in [-0.2, -0.15) is 0 Å². The zero-order valence-electron chi connectivity index (χ0n) is 20.2. The van der Waals surface area contributed by atoms with Crippen LogP contribution in [0.4, 0.5) is 15.8 Å². The third-order valence-electron chi connectivity index (χ3n) is 6.68. The smallest absolute Gasteiger partial charge is 0.308 e. The van der Waals surface area contributed by atoms with Crippen molar-refractivity contribution < 1.29 is 18.8 Å². The molecule has 0 spiro atoms. The molecule has 1 saturated heterocycles. The Morgan fingerprint density at radius 3 is 2.50 bits per heavy atom. The van der Waals surface area contributed by atoms with E-state index in [1.807, 2.05) is 0 Å². The number of nitrogens with zero attached hydrogens (tertiary/aromatic N) is 3. The number of nitrogens with one attached hydrogen (secondary N) is 1. The number of thioether (sulfide) groups is 1. The van der Waals surface area contributed by atoms with Crippen LogP contribution in [0.1, 0.15) is 16.4 Å². The van der Waals surface area contributed by atoms with E-state index >= 15 is 0 Å². The summed E-state index contributed by atoms with van der Waals surface area (Å²) >= 11 is 14.0. The largest absolute Gasteiger partial charge is 0.324 e. The molecule has 40 heavy (non-hydrogen) atoms. The number of hydrogen-bond donors (Lipinski definition) is 1. The number of pyridine rings is 1. The predicted octanol–water partition coefficient (Wildman–Crippen LogP) is 5.19. The first-order valence-electron chi connectivity index (χ1n) is 11.9. The van der Waals surface area contributed by atoms with Crippen molar-refractivity contribution in [3.63, 3.8) is 0 Å². The Hall–Kier alpha value is -3.51. The van der Waals surface area contributed by atoms with Crippen LogP contribution in [-0.2, 0) is 20.9 Å². The molecule has 202 valence electrons. The highest BCUT2D eigenvalue weighted by atomic mass is 35.5. The van der Waals surface area contributed by atoms with Crippen molar-refractivity contribution in [1.82, 2.24) is 9.55 Å². The molecular weight excluding hydrogens is 598 g/mol. The lowest BCUT2D eigenvalue weighted by Crippen LogP contribution is -2.33. The maximum absolute atomic E-state index is 13.8. The highest BCUT2D eigenvalue weighted by Gasteiger charge is 2.56. The number of rotatable bonds is 5. The molecule has 2 aromatic heterocycles. The minimum absolute atomic E-state index is 0.262. The van der Waals surface area contributed by atoms with E-state index in [0.717, 1.165) is 28.0 Å². The Labute approximate surface area is 244 Å². The van der Waals surface area contributed by atoms with Crippen LogP contribution in [0.25, 0.3) is 0 Å². The van der Waals surface area contributed by atoms with Crippen molar-refractivity contribution in [3.8, 4) is 0 Å². The number of fused-ring (bicyclic) bond motifs is 2. The van der Waals surface area contributed by atoms with Crippen LogP contribution in [0.15, 0.2) is 76.8 Å². The molecule has 3 amide bonds. The first-order chi connectivity index (χ1) is 19.2. The van der Waals surface area contributed by atoms with E-state index < -0.39 is 45.5 Å². The van der Waals surface area contributed by atoms with E-state index in [1.54, 1.807) is 36.7 Å². The summed E-state index contributed by atoms with van der Waals surface area (Å²) in [7, 11) is 0. The van der Waals surface area contributed by atoms with Crippen LogP contribution in [-0.4, -0.2) is 32.5 Å². The Bertz CT molecular complexity index is 1730. The number of carbonyl (C=O) groups excluding carboxylic acids is 3. The van der Waals surface area contributed by atoms with Crippen LogP contribution in [0.2, 0.25) is 10.0 Å². The van der Waals surface area contributed by atoms with Gasteiger partial charge in [-0.25, -0.2) is 9.29 Å². The fourth-order valence-corrected chi connectivity index (χ4v) is 8.01. The topological polar surface area (TPSA) is 101 Å². The van der Waals surface area contributed by atoms with Gasteiger partial charge in [-0.15, -0.1) is 0 Å². The van der Waals surface area contributed by atoms with Gasteiger partial charge in [0.2, 0.25) is 17.7 Å². The number of carbonyl (C=O) groups is 3. The fraction of sp³-hybridized carbons (Fsp3) is 0.148. The molecule has 4 heterocycles. The zero-order chi connectivity index (χ0) is 28.1. The minimum Gasteiger partial charge on any atom is -0.324 e. The quantitative estimate of drug-likeness (QED) is 0.311. The summed E-state index contributed by atoms with van der Waals surface area (Å²) in [5.41, 5.74) is 1.33. The zero-order valence-corrected chi connectivity index (χ0v) is 23.4. The van der Waals surface area contributed by atoms with Gasteiger partial charge in [0.25, 0.3) is 0 Å². The van der Waals surface area contributed by atoms with Gasteiger partial charge in [0, 0.05) is 28.9 Å². The summed E-state index contributed by atoms with van der Waals surface area (Å²) in [6, 6.07) is 13.3. The SMILES string of the molecule is O=C(Cn1c2c(sc1=O)[C@H](c1cccnc1)C1C(=O)N(c3ccc(F)cc3)C(=O)C1S2)Nc1ccc(Cl)c(Cl)c1. The minimum atomic E-state index is -0.867. The highest BCUT2D eigenvalue weighted by Crippen LogP contribution is 2.53. The summed E-state index contributed by atoms with van der Waals surface area (Å²) in [6.45, 7) is -0.321. The molecule has 1 N–H and O–H groups in total. The number of anilines is 2. The van der Waals surface area contributed by atoms with Gasteiger partial charge in [-0.1, -0.05) is 52.4 Å². The fourth-order valence-electron chi connectivity index (χ4n) is 4.94. The van der Waals surface area contributed by atoms with Crippen molar-refractivity contribution in [1.29, 1.82) is 0 Å². The van der Waals surface area contributed by atoms with Crippen molar-refractivity contribution in [3.05, 3.63) is 103 Å². The average Bonchev–Trinajstić information content (AvgIpc) is 3.38. The van der Waals surface area contributed by atoms with Crippen LogP contribution < -0.4 is 15.1 Å². The Balaban J connectivity index is 1.39. The second-order valence-corrected chi connectivity index (χ2v) is 12.1. The van der Waals surface area contributed by atoms with E-state index in [4.69, 9.17) is 23.2 Å². The van der Waals surface area contributed by atoms with E-state index in [1.165, 1.54) is 34.9 Å². The molecule has 2 unspecified atom stereocenters. The van der Waals surface area contributed by atoms with Crippen LogP contribution in [0, 0.1) is 11.7 Å². The Morgan fingerprint density at radius 2 is 1.80 bits per heavy atom. The summed E-state index contributed by atoms with van der Waals surface area (Å²) in [5, 5.41) is 2.88. The molecule has 0 saturated carbocycles. The summed E-state index contributed by atoms with van der Waals surface area (Å²) < 4.78 is 14.9. The number of amides is 3. The molecule has 1 fully saturated rings. The lowest BCUT2D eigenvalue weighted by molar-refractivity contribution is -0.122. The lowest BCUT2D eigenvalue weighted by atomic mass is 9.84. The maximum atomic E-state index is 13.8. The van der Waals surface area contributed by atoms with Crippen LogP contribution >= 0.6 is 46.3 Å². The van der Waals surface area contributed by atoms with Gasteiger partial charge in [0.1, 0.15) is 17.6 Å². The van der Waals surface area contributed by atoms with Crippen molar-refractivity contribution >= 4 is 75.4 Å². The number of thiazole rings is 1. The maximum Gasteiger partial charge on any atom is 0.308 e. The monoisotopic (exact) mass is 614 g/mol. The number of benzene rings is 2. The van der Waals surface area contributed by atoms with Crippen molar-refractivity contribution in [2.45, 2.75) is 22.7 Å². The molecule has 3 atom stereocenters. The van der Waals surface area contributed by atoms with Gasteiger partial charge in [0.15, 0.2) is 0 Å². The van der Waals surface area contributed by atoms with E-state index in [9.17, 15) is 23.6 Å². The molecule has 6 rings (SSSR count). The molecule has 2 aliphatic heterocycles. The molecule has 0 radical (unpaired) electrons. The first-order valence-corrected chi connectivity index (χ1v) is 14.4. The van der Waals surface area contributed by atoms with Gasteiger partial charge in [-0.05, 0) is 54.1 Å². The van der Waals surface area contributed by atoms with Crippen molar-refractivity contribution in [2.24, 2.45) is 5.92 Å². The summed E-state index contributed by atoms with van der Waals surface area (Å²) in [5.74, 6) is -3.36. The summed E-state index contributed by atoms with van der Waals surface area (Å²) in [4.78, 5) is 59.0. The van der Waals surface area contributed by atoms with Gasteiger partial charge in [-0.3, -0.25) is 28.7 Å². The highest BCUT2D eigenvalue weighted by molar-refractivity contribution is 8.00. The van der Waals surface area contributed by atoms with E-state index in [-0.39, 0.29) is 17.3 Å². The van der Waals surface area contributed by atoms with E-state index in [0.29, 0.717) is 26.2 Å². The van der Waals surface area contributed by atoms with Gasteiger partial charge in [0.05, 0.1) is 26.7 Å². The van der Waals surface area contributed by atoms with Gasteiger partial charge >= 0.3 is 4.87 Å². The predicted molar refractivity (Wildman–Crippen MR) is 152 cm³/mol. The normalized spacial score (nSPS) is 19.9. The molecular formula is C27H17Cl2FN4O4S2. The molecule has 13 heteroatoms. The second-order valence-electron chi connectivity index (χ2n) is 9.12. The number of halogens is 3. The third-order valence-corrected chi connectivity index (χ3v) is 10.0.